The molecule has 1 saturated heterocycles. The van der Waals surface area contributed by atoms with E-state index in [2.05, 4.69) is 15.3 Å². The highest BCUT2D eigenvalue weighted by Crippen LogP contribution is 2.28. The summed E-state index contributed by atoms with van der Waals surface area (Å²) in [6, 6.07) is 6.72. The van der Waals surface area contributed by atoms with Crippen LogP contribution in [0.25, 0.3) is 11.3 Å². The number of amides is 1. The van der Waals surface area contributed by atoms with Crippen LogP contribution in [0.1, 0.15) is 29.2 Å². The molecule has 1 aromatic carbocycles. The lowest BCUT2D eigenvalue weighted by Gasteiger charge is -2.33. The highest BCUT2D eigenvalue weighted by atomic mass is 19.1. The second-order valence-corrected chi connectivity index (χ2v) is 6.70. The molecular weight excluding hydrogens is 366 g/mol. The Morgan fingerprint density at radius 3 is 2.54 bits per heavy atom. The van der Waals surface area contributed by atoms with Crippen LogP contribution in [0.5, 0.6) is 0 Å². The Balaban J connectivity index is 1.48. The maximum absolute atomic E-state index is 13.4. The number of nitrogens with zero attached hydrogens (tertiary/aromatic N) is 5. The lowest BCUT2D eigenvalue weighted by Crippen LogP contribution is -2.36. The third-order valence-electron chi connectivity index (χ3n) is 4.86. The quantitative estimate of drug-likeness (QED) is 0.747. The number of rotatable bonds is 4. The van der Waals surface area contributed by atoms with Crippen molar-refractivity contribution < 1.29 is 13.6 Å². The van der Waals surface area contributed by atoms with Crippen molar-refractivity contribution in [3.63, 3.8) is 0 Å². The predicted octanol–water partition coefficient (Wildman–Crippen LogP) is 2.56. The maximum atomic E-state index is 13.4. The fourth-order valence-corrected chi connectivity index (χ4v) is 3.47. The molecular formula is C19H18F2N6O. The first-order chi connectivity index (χ1) is 13.5. The van der Waals surface area contributed by atoms with Gasteiger partial charge in [0.15, 0.2) is 0 Å². The molecule has 1 fully saturated rings. The minimum Gasteiger partial charge on any atom is -0.365 e. The smallest absolute Gasteiger partial charge is 0.252 e. The van der Waals surface area contributed by atoms with Gasteiger partial charge in [-0.25, -0.2) is 18.4 Å². The largest absolute Gasteiger partial charge is 0.365 e. The molecule has 2 aromatic heterocycles. The van der Waals surface area contributed by atoms with Gasteiger partial charge in [0.25, 0.3) is 5.91 Å². The van der Waals surface area contributed by atoms with Gasteiger partial charge in [0.2, 0.25) is 0 Å². The van der Waals surface area contributed by atoms with Gasteiger partial charge >= 0.3 is 0 Å². The Morgan fingerprint density at radius 2 is 1.86 bits per heavy atom. The molecule has 0 spiro atoms. The molecule has 3 aromatic rings. The van der Waals surface area contributed by atoms with E-state index in [1.54, 1.807) is 29.2 Å². The summed E-state index contributed by atoms with van der Waals surface area (Å²) in [6.07, 6.45) is 4.85. The van der Waals surface area contributed by atoms with Gasteiger partial charge in [-0.1, -0.05) is 5.21 Å². The van der Waals surface area contributed by atoms with Crippen molar-refractivity contribution in [3.8, 4) is 11.3 Å². The third-order valence-corrected chi connectivity index (χ3v) is 4.86. The second-order valence-electron chi connectivity index (χ2n) is 6.70. The number of piperidine rings is 1. The number of carbonyl (C=O) groups is 1. The minimum atomic E-state index is -0.654. The summed E-state index contributed by atoms with van der Waals surface area (Å²) in [5.74, 6) is -1.23. The van der Waals surface area contributed by atoms with Crippen molar-refractivity contribution in [2.24, 2.45) is 5.73 Å². The lowest BCUT2D eigenvalue weighted by atomic mass is 10.0. The van der Waals surface area contributed by atoms with Gasteiger partial charge < -0.3 is 10.6 Å². The van der Waals surface area contributed by atoms with E-state index in [1.165, 1.54) is 12.1 Å². The average Bonchev–Trinajstić information content (AvgIpc) is 3.18. The molecule has 0 atom stereocenters. The van der Waals surface area contributed by atoms with E-state index >= 15 is 0 Å². The molecule has 7 nitrogen and oxygen atoms in total. The van der Waals surface area contributed by atoms with E-state index in [-0.39, 0.29) is 6.04 Å². The molecule has 144 valence electrons. The zero-order valence-electron chi connectivity index (χ0n) is 14.9. The number of pyridine rings is 1. The van der Waals surface area contributed by atoms with Crippen LogP contribution < -0.4 is 10.6 Å². The summed E-state index contributed by atoms with van der Waals surface area (Å²) in [5.41, 5.74) is 6.60. The summed E-state index contributed by atoms with van der Waals surface area (Å²) in [4.78, 5) is 17.9. The summed E-state index contributed by atoms with van der Waals surface area (Å²) in [6.45, 7) is 1.34. The summed E-state index contributed by atoms with van der Waals surface area (Å²) in [7, 11) is 0. The molecule has 0 radical (unpaired) electrons. The van der Waals surface area contributed by atoms with E-state index < -0.39 is 17.5 Å². The molecule has 0 aliphatic carbocycles. The highest BCUT2D eigenvalue weighted by Gasteiger charge is 2.25. The van der Waals surface area contributed by atoms with Gasteiger partial charge in [0.1, 0.15) is 23.1 Å². The first kappa shape index (κ1) is 18.0. The fourth-order valence-electron chi connectivity index (χ4n) is 3.47. The zero-order valence-corrected chi connectivity index (χ0v) is 14.9. The monoisotopic (exact) mass is 384 g/mol. The van der Waals surface area contributed by atoms with Crippen LogP contribution in [0.3, 0.4) is 0 Å². The van der Waals surface area contributed by atoms with Crippen molar-refractivity contribution in [2.45, 2.75) is 18.9 Å². The van der Waals surface area contributed by atoms with Crippen molar-refractivity contribution in [1.29, 1.82) is 0 Å². The molecule has 0 unspecified atom stereocenters. The summed E-state index contributed by atoms with van der Waals surface area (Å²) >= 11 is 0. The third kappa shape index (κ3) is 3.55. The number of hydrogen-bond acceptors (Lipinski definition) is 5. The number of hydrogen-bond donors (Lipinski definition) is 1. The van der Waals surface area contributed by atoms with Gasteiger partial charge in [-0.15, -0.1) is 5.10 Å². The van der Waals surface area contributed by atoms with Crippen LogP contribution >= 0.6 is 0 Å². The molecule has 1 amide bonds. The van der Waals surface area contributed by atoms with E-state index in [0.717, 1.165) is 18.9 Å². The second kappa shape index (κ2) is 7.34. The predicted molar refractivity (Wildman–Crippen MR) is 98.6 cm³/mol. The van der Waals surface area contributed by atoms with Gasteiger partial charge in [-0.2, -0.15) is 0 Å². The molecule has 0 bridgehead atoms. The Morgan fingerprint density at radius 1 is 1.14 bits per heavy atom. The van der Waals surface area contributed by atoms with E-state index in [1.807, 2.05) is 4.90 Å². The van der Waals surface area contributed by atoms with Crippen LogP contribution in [0.4, 0.5) is 14.6 Å². The molecule has 4 rings (SSSR count). The first-order valence-electron chi connectivity index (χ1n) is 8.89. The van der Waals surface area contributed by atoms with Gasteiger partial charge in [-0.3, -0.25) is 4.79 Å². The van der Waals surface area contributed by atoms with Crippen molar-refractivity contribution in [3.05, 3.63) is 59.9 Å². The topological polar surface area (TPSA) is 89.9 Å². The lowest BCUT2D eigenvalue weighted by molar-refractivity contribution is 0.100. The molecule has 2 N–H and O–H groups in total. The van der Waals surface area contributed by atoms with E-state index in [4.69, 9.17) is 5.73 Å². The average molecular weight is 384 g/mol. The molecule has 1 aliphatic rings. The van der Waals surface area contributed by atoms with Gasteiger partial charge in [0.05, 0.1) is 17.8 Å². The molecule has 9 heteroatoms. The number of nitrogens with two attached hydrogens (primary N) is 1. The van der Waals surface area contributed by atoms with Crippen molar-refractivity contribution in [1.82, 2.24) is 20.0 Å². The molecule has 3 heterocycles. The van der Waals surface area contributed by atoms with Crippen LogP contribution in [0, 0.1) is 11.6 Å². The van der Waals surface area contributed by atoms with Crippen molar-refractivity contribution in [2.75, 3.05) is 18.0 Å². The summed E-state index contributed by atoms with van der Waals surface area (Å²) < 4.78 is 28.6. The first-order valence-corrected chi connectivity index (χ1v) is 8.89. The van der Waals surface area contributed by atoms with Crippen LogP contribution in [-0.2, 0) is 0 Å². The zero-order chi connectivity index (χ0) is 19.7. The van der Waals surface area contributed by atoms with Crippen LogP contribution in [0.2, 0.25) is 0 Å². The maximum Gasteiger partial charge on any atom is 0.252 e. The minimum absolute atomic E-state index is 0.0941. The number of carbonyl (C=O) groups excluding carboxylic acids is 1. The molecule has 0 saturated carbocycles. The van der Waals surface area contributed by atoms with Gasteiger partial charge in [-0.05, 0) is 37.1 Å². The van der Waals surface area contributed by atoms with E-state index in [9.17, 15) is 13.6 Å². The van der Waals surface area contributed by atoms with E-state index in [0.29, 0.717) is 35.7 Å². The van der Waals surface area contributed by atoms with Crippen LogP contribution in [-0.4, -0.2) is 39.0 Å². The normalized spacial score (nSPS) is 15.0. The molecule has 1 aliphatic heterocycles. The molecule has 28 heavy (non-hydrogen) atoms. The SMILES string of the molecule is NC(=O)c1cccnc1N1CCC(n2cc(-c3cc(F)cc(F)c3)nn2)CC1. The summed E-state index contributed by atoms with van der Waals surface area (Å²) in [5, 5.41) is 8.18. The van der Waals surface area contributed by atoms with Crippen LogP contribution in [0.15, 0.2) is 42.7 Å². The number of aromatic nitrogens is 4. The van der Waals surface area contributed by atoms with Crippen molar-refractivity contribution >= 4 is 11.7 Å². The Hall–Kier alpha value is -3.36. The standard InChI is InChI=1S/C19H18F2N6O/c20-13-8-12(9-14(21)10-13)17-11-27(25-24-17)15-3-6-26(7-4-15)19-16(18(22)28)2-1-5-23-19/h1-2,5,8-11,15H,3-4,6-7H2,(H2,22,28). The Bertz CT molecular complexity index is 993. The number of primary amides is 1. The Kier molecular flexibility index (Phi) is 4.72. The Labute approximate surface area is 159 Å². The fraction of sp³-hybridized carbons (Fsp3) is 0.263. The van der Waals surface area contributed by atoms with Gasteiger partial charge in [0, 0.05) is 30.9 Å². The number of benzene rings is 1. The number of halogens is 2. The highest BCUT2D eigenvalue weighted by molar-refractivity contribution is 5.97. The number of anilines is 1.